The van der Waals surface area contributed by atoms with Gasteiger partial charge in [0.05, 0.1) is 5.56 Å². The van der Waals surface area contributed by atoms with Crippen LogP contribution in [0, 0.1) is 16.7 Å². The molecule has 3 nitrogen and oxygen atoms in total. The minimum absolute atomic E-state index is 0.0265. The smallest absolute Gasteiger partial charge is 0.175 e. The maximum Gasteiger partial charge on any atom is 0.175 e. The van der Waals surface area contributed by atoms with Gasteiger partial charge >= 0.3 is 0 Å². The summed E-state index contributed by atoms with van der Waals surface area (Å²) in [5, 5.41) is 9.35. The van der Waals surface area contributed by atoms with Crippen LogP contribution in [0.2, 0.25) is 5.02 Å². The van der Waals surface area contributed by atoms with E-state index in [9.17, 15) is 4.79 Å². The van der Waals surface area contributed by atoms with Gasteiger partial charge in [-0.05, 0) is 12.1 Å². The molecule has 0 N–H and O–H groups in total. The van der Waals surface area contributed by atoms with Gasteiger partial charge in [0.1, 0.15) is 18.4 Å². The second-order valence-electron chi connectivity index (χ2n) is 4.71. The van der Waals surface area contributed by atoms with Gasteiger partial charge in [0.15, 0.2) is 5.78 Å². The number of benzene rings is 1. The van der Waals surface area contributed by atoms with Crippen LogP contribution in [0.4, 0.5) is 0 Å². The molecule has 0 saturated heterocycles. The molecule has 1 aromatic carbocycles. The summed E-state index contributed by atoms with van der Waals surface area (Å²) >= 11 is 5.80. The minimum atomic E-state index is -0.453. The molecular weight excluding hydrogens is 238 g/mol. The molecule has 90 valence electrons. The molecule has 17 heavy (non-hydrogen) atoms. The molecule has 0 bridgehead atoms. The van der Waals surface area contributed by atoms with Crippen LogP contribution in [0.25, 0.3) is 0 Å². The SMILES string of the molecule is CC(C)(C)C(=O)COc1cc(Cl)ccc1C#N. The number of ether oxygens (including phenoxy) is 1. The van der Waals surface area contributed by atoms with Crippen molar-refractivity contribution in [2.24, 2.45) is 5.41 Å². The van der Waals surface area contributed by atoms with Crippen molar-refractivity contribution >= 4 is 17.4 Å². The maximum atomic E-state index is 11.7. The topological polar surface area (TPSA) is 50.1 Å². The van der Waals surface area contributed by atoms with Crippen molar-refractivity contribution in [3.8, 4) is 11.8 Å². The highest BCUT2D eigenvalue weighted by Crippen LogP contribution is 2.23. The van der Waals surface area contributed by atoms with Crippen molar-refractivity contribution in [3.05, 3.63) is 28.8 Å². The van der Waals surface area contributed by atoms with Crippen LogP contribution in [0.3, 0.4) is 0 Å². The lowest BCUT2D eigenvalue weighted by Gasteiger charge is -2.17. The van der Waals surface area contributed by atoms with Crippen LogP contribution in [0.5, 0.6) is 5.75 Å². The largest absolute Gasteiger partial charge is 0.484 e. The van der Waals surface area contributed by atoms with Gasteiger partial charge in [-0.25, -0.2) is 0 Å². The van der Waals surface area contributed by atoms with Gasteiger partial charge < -0.3 is 4.74 Å². The quantitative estimate of drug-likeness (QED) is 0.829. The first-order chi connectivity index (χ1) is 7.84. The Morgan fingerprint density at radius 2 is 2.12 bits per heavy atom. The van der Waals surface area contributed by atoms with Crippen LogP contribution in [-0.4, -0.2) is 12.4 Å². The average molecular weight is 252 g/mol. The first kappa shape index (κ1) is 13.5. The zero-order valence-corrected chi connectivity index (χ0v) is 10.8. The number of halogens is 1. The van der Waals surface area contributed by atoms with Gasteiger partial charge in [-0.1, -0.05) is 32.4 Å². The number of hydrogen-bond acceptors (Lipinski definition) is 3. The van der Waals surface area contributed by atoms with Crippen LogP contribution < -0.4 is 4.74 Å². The second-order valence-corrected chi connectivity index (χ2v) is 5.15. The van der Waals surface area contributed by atoms with Crippen molar-refractivity contribution in [2.75, 3.05) is 6.61 Å². The second kappa shape index (κ2) is 5.20. The third-order valence-corrected chi connectivity index (χ3v) is 2.49. The summed E-state index contributed by atoms with van der Waals surface area (Å²) in [5.41, 5.74) is -0.0816. The highest BCUT2D eigenvalue weighted by atomic mass is 35.5. The predicted molar refractivity (Wildman–Crippen MR) is 66.1 cm³/mol. The summed E-state index contributed by atoms with van der Waals surface area (Å²) in [7, 11) is 0. The van der Waals surface area contributed by atoms with Crippen LogP contribution in [0.15, 0.2) is 18.2 Å². The van der Waals surface area contributed by atoms with E-state index >= 15 is 0 Å². The fourth-order valence-corrected chi connectivity index (χ4v) is 1.23. The summed E-state index contributed by atoms with van der Waals surface area (Å²) in [6.07, 6.45) is 0. The highest BCUT2D eigenvalue weighted by Gasteiger charge is 2.21. The monoisotopic (exact) mass is 251 g/mol. The lowest BCUT2D eigenvalue weighted by molar-refractivity contribution is -0.128. The van der Waals surface area contributed by atoms with Crippen molar-refractivity contribution in [1.29, 1.82) is 5.26 Å². The molecule has 0 amide bonds. The fraction of sp³-hybridized carbons (Fsp3) is 0.385. The van der Waals surface area contributed by atoms with E-state index in [1.807, 2.05) is 26.8 Å². The Balaban J connectivity index is 2.80. The van der Waals surface area contributed by atoms with Gasteiger partial charge in [0.2, 0.25) is 0 Å². The van der Waals surface area contributed by atoms with Gasteiger partial charge in [0.25, 0.3) is 0 Å². The molecule has 0 aliphatic carbocycles. The van der Waals surface area contributed by atoms with Gasteiger partial charge in [0, 0.05) is 16.5 Å². The summed E-state index contributed by atoms with van der Waals surface area (Å²) in [6, 6.07) is 6.71. The standard InChI is InChI=1S/C13H14ClNO2/c1-13(2,3)12(16)8-17-11-6-10(14)5-4-9(11)7-15/h4-6H,8H2,1-3H3. The molecule has 0 aliphatic rings. The van der Waals surface area contributed by atoms with Crippen molar-refractivity contribution in [3.63, 3.8) is 0 Å². The van der Waals surface area contributed by atoms with E-state index in [1.165, 1.54) is 6.07 Å². The molecule has 0 aliphatic heterocycles. The van der Waals surface area contributed by atoms with E-state index in [0.29, 0.717) is 16.3 Å². The number of carbonyl (C=O) groups excluding carboxylic acids is 1. The maximum absolute atomic E-state index is 11.7. The molecular formula is C13H14ClNO2. The number of ketones is 1. The van der Waals surface area contributed by atoms with E-state index in [1.54, 1.807) is 12.1 Å². The van der Waals surface area contributed by atoms with Crippen LogP contribution in [0.1, 0.15) is 26.3 Å². The zero-order chi connectivity index (χ0) is 13.1. The number of Topliss-reactive ketones (excluding diaryl/α,β-unsaturated/α-hetero) is 1. The highest BCUT2D eigenvalue weighted by molar-refractivity contribution is 6.30. The first-order valence-corrected chi connectivity index (χ1v) is 5.58. The van der Waals surface area contributed by atoms with Gasteiger partial charge in [-0.15, -0.1) is 0 Å². The van der Waals surface area contributed by atoms with Crippen LogP contribution >= 0.6 is 11.6 Å². The molecule has 0 heterocycles. The molecule has 1 aromatic rings. The molecule has 0 aromatic heterocycles. The lowest BCUT2D eigenvalue weighted by atomic mass is 9.91. The summed E-state index contributed by atoms with van der Waals surface area (Å²) in [4.78, 5) is 11.7. The zero-order valence-electron chi connectivity index (χ0n) is 10.1. The van der Waals surface area contributed by atoms with Crippen molar-refractivity contribution in [2.45, 2.75) is 20.8 Å². The predicted octanol–water partition coefficient (Wildman–Crippen LogP) is 3.21. The number of hydrogen-bond donors (Lipinski definition) is 0. The third-order valence-electron chi connectivity index (χ3n) is 2.26. The van der Waals surface area contributed by atoms with E-state index in [0.717, 1.165) is 0 Å². The number of carbonyl (C=O) groups is 1. The molecule has 4 heteroatoms. The van der Waals surface area contributed by atoms with Crippen molar-refractivity contribution in [1.82, 2.24) is 0 Å². The van der Waals surface area contributed by atoms with E-state index in [2.05, 4.69) is 0 Å². The first-order valence-electron chi connectivity index (χ1n) is 5.20. The minimum Gasteiger partial charge on any atom is -0.484 e. The third kappa shape index (κ3) is 3.76. The number of rotatable bonds is 3. The average Bonchev–Trinajstić information content (AvgIpc) is 2.24. The summed E-state index contributed by atoms with van der Waals surface area (Å²) in [6.45, 7) is 5.41. The number of nitrogens with zero attached hydrogens (tertiary/aromatic N) is 1. The van der Waals surface area contributed by atoms with E-state index in [4.69, 9.17) is 21.6 Å². The Bertz CT molecular complexity index is 469. The molecule has 0 saturated carbocycles. The fourth-order valence-electron chi connectivity index (χ4n) is 1.07. The lowest BCUT2D eigenvalue weighted by Crippen LogP contribution is -2.26. The Hall–Kier alpha value is -1.53. The van der Waals surface area contributed by atoms with Gasteiger partial charge in [-0.2, -0.15) is 5.26 Å². The molecule has 1 rings (SSSR count). The summed E-state index contributed by atoms with van der Waals surface area (Å²) in [5.74, 6) is 0.318. The Labute approximate surface area is 106 Å². The van der Waals surface area contributed by atoms with Crippen LogP contribution in [-0.2, 0) is 4.79 Å². The Morgan fingerprint density at radius 3 is 2.65 bits per heavy atom. The van der Waals surface area contributed by atoms with Crippen molar-refractivity contribution < 1.29 is 9.53 Å². The molecule has 0 unspecified atom stereocenters. The molecule has 0 fully saturated rings. The van der Waals surface area contributed by atoms with E-state index in [-0.39, 0.29) is 12.4 Å². The van der Waals surface area contributed by atoms with Gasteiger partial charge in [-0.3, -0.25) is 4.79 Å². The summed E-state index contributed by atoms with van der Waals surface area (Å²) < 4.78 is 5.34. The number of nitriles is 1. The van der Waals surface area contributed by atoms with E-state index < -0.39 is 5.41 Å². The Morgan fingerprint density at radius 1 is 1.47 bits per heavy atom. The normalized spacial score (nSPS) is 10.8. The molecule has 0 radical (unpaired) electrons. The molecule has 0 atom stereocenters. The molecule has 0 spiro atoms. The Kier molecular flexibility index (Phi) is 4.14.